The molecule has 0 bridgehead atoms. The second kappa shape index (κ2) is 7.98. The molecule has 2 nitrogen and oxygen atoms in total. The third kappa shape index (κ3) is 5.12. The van der Waals surface area contributed by atoms with Crippen LogP contribution in [0.2, 0.25) is 0 Å². The summed E-state index contributed by atoms with van der Waals surface area (Å²) in [5.41, 5.74) is 0. The Labute approximate surface area is 71.9 Å². The van der Waals surface area contributed by atoms with Crippen molar-refractivity contribution in [2.24, 2.45) is 0 Å². The normalized spacial score (nSPS) is 18.0. The molecule has 4 heteroatoms. The van der Waals surface area contributed by atoms with Gasteiger partial charge in [0.1, 0.15) is 0 Å². The summed E-state index contributed by atoms with van der Waals surface area (Å²) in [5.74, 6) is 0. The summed E-state index contributed by atoms with van der Waals surface area (Å²) < 4.78 is 5.01. The zero-order valence-corrected chi connectivity index (χ0v) is 6.99. The molecule has 0 radical (unpaired) electrons. The number of rotatable bonds is 0. The first-order chi connectivity index (χ1) is 3.00. The van der Waals surface area contributed by atoms with Crippen molar-refractivity contribution in [3.05, 3.63) is 0 Å². The molecule has 1 heterocycles. The minimum Gasteiger partial charge on any atom is -1.00 e. The van der Waals surface area contributed by atoms with Gasteiger partial charge in [0.25, 0.3) is 0 Å². The van der Waals surface area contributed by atoms with Crippen LogP contribution in [0.5, 0.6) is 0 Å². The Morgan fingerprint density at radius 3 is 1.75 bits per heavy atom. The Kier molecular flexibility index (Phi) is 11.7. The van der Waals surface area contributed by atoms with Crippen molar-refractivity contribution in [3.63, 3.8) is 0 Å². The van der Waals surface area contributed by atoms with Gasteiger partial charge in [-0.2, -0.15) is 0 Å². The molecule has 1 aliphatic heterocycles. The molecule has 0 unspecified atom stereocenters. The third-order valence-electron chi connectivity index (χ3n) is 0.846. The number of halogens is 1. The van der Waals surface area contributed by atoms with E-state index in [0.717, 1.165) is 26.3 Å². The van der Waals surface area contributed by atoms with Crippen LogP contribution in [-0.2, 0) is 4.74 Å². The van der Waals surface area contributed by atoms with Crippen LogP contribution in [0, 0.1) is 0 Å². The van der Waals surface area contributed by atoms with Gasteiger partial charge in [0.15, 0.2) is 0 Å². The van der Waals surface area contributed by atoms with E-state index in [1.165, 1.54) is 0 Å². The van der Waals surface area contributed by atoms with E-state index in [0.29, 0.717) is 0 Å². The van der Waals surface area contributed by atoms with Crippen molar-refractivity contribution in [2.75, 3.05) is 26.3 Å². The molecule has 1 fully saturated rings. The second-order valence-electron chi connectivity index (χ2n) is 1.36. The molecule has 1 aliphatic rings. The molecule has 0 atom stereocenters. The van der Waals surface area contributed by atoms with E-state index in [-0.39, 0.29) is 35.5 Å². The van der Waals surface area contributed by atoms with Crippen LogP contribution in [-0.4, -0.2) is 49.4 Å². The fourth-order valence-corrected chi connectivity index (χ4v) is 0.516. The molecule has 0 aromatic heterocycles. The number of morpholine rings is 1. The summed E-state index contributed by atoms with van der Waals surface area (Å²) in [5, 5.41) is 3.16. The first-order valence-corrected chi connectivity index (χ1v) is 2.28. The predicted octanol–water partition coefficient (Wildman–Crippen LogP) is -3.77. The molecule has 8 heavy (non-hydrogen) atoms. The van der Waals surface area contributed by atoms with Crippen LogP contribution in [0.3, 0.4) is 0 Å². The first-order valence-electron chi connectivity index (χ1n) is 2.28. The van der Waals surface area contributed by atoms with Gasteiger partial charge in [-0.1, -0.05) is 0 Å². The fraction of sp³-hybridized carbons (Fsp3) is 1.00. The van der Waals surface area contributed by atoms with Gasteiger partial charge in [-0.25, -0.2) is 0 Å². The van der Waals surface area contributed by atoms with Crippen LogP contribution in [0.1, 0.15) is 0 Å². The van der Waals surface area contributed by atoms with E-state index >= 15 is 0 Å². The molecular weight excluding hydrogens is 138 g/mol. The first kappa shape index (κ1) is 11.7. The number of hydrogen-bond donors (Lipinski definition) is 1. The second-order valence-corrected chi connectivity index (χ2v) is 1.36. The van der Waals surface area contributed by atoms with Crippen LogP contribution >= 0.6 is 0 Å². The molecular formula is C4H9ClMgNO+. The minimum absolute atomic E-state index is 0. The molecule has 1 N–H and O–H groups in total. The van der Waals surface area contributed by atoms with Gasteiger partial charge < -0.3 is 22.5 Å². The SMILES string of the molecule is C1COCCN1.[Cl-].[Mg+2]. The fourth-order valence-electron chi connectivity index (χ4n) is 0.516. The molecule has 0 amide bonds. The Balaban J connectivity index is 0. The average Bonchev–Trinajstić information content (AvgIpc) is 1.72. The number of hydrogen-bond acceptors (Lipinski definition) is 2. The summed E-state index contributed by atoms with van der Waals surface area (Å²) in [6.07, 6.45) is 0. The summed E-state index contributed by atoms with van der Waals surface area (Å²) in [4.78, 5) is 0. The van der Waals surface area contributed by atoms with Crippen LogP contribution in [0.25, 0.3) is 0 Å². The maximum Gasteiger partial charge on any atom is 2.00 e. The quantitative estimate of drug-likeness (QED) is 0.355. The Morgan fingerprint density at radius 1 is 1.12 bits per heavy atom. The van der Waals surface area contributed by atoms with Crippen LogP contribution < -0.4 is 17.7 Å². The van der Waals surface area contributed by atoms with Crippen LogP contribution in [0.4, 0.5) is 0 Å². The van der Waals surface area contributed by atoms with Gasteiger partial charge >= 0.3 is 23.1 Å². The van der Waals surface area contributed by atoms with Crippen molar-refractivity contribution in [2.45, 2.75) is 0 Å². The predicted molar refractivity (Wildman–Crippen MR) is 29.4 cm³/mol. The van der Waals surface area contributed by atoms with Gasteiger partial charge in [-0.15, -0.1) is 0 Å². The van der Waals surface area contributed by atoms with Gasteiger partial charge in [-0.3, -0.25) is 0 Å². The van der Waals surface area contributed by atoms with Crippen molar-refractivity contribution in [3.8, 4) is 0 Å². The molecule has 1 saturated heterocycles. The number of nitrogens with one attached hydrogen (secondary N) is 1. The van der Waals surface area contributed by atoms with E-state index in [1.54, 1.807) is 0 Å². The molecule has 0 aliphatic carbocycles. The maximum atomic E-state index is 5.01. The molecule has 44 valence electrons. The largest absolute Gasteiger partial charge is 2.00 e. The van der Waals surface area contributed by atoms with E-state index in [2.05, 4.69) is 5.32 Å². The Morgan fingerprint density at radius 2 is 1.62 bits per heavy atom. The van der Waals surface area contributed by atoms with E-state index in [4.69, 9.17) is 4.74 Å². The zero-order valence-electron chi connectivity index (χ0n) is 4.82. The van der Waals surface area contributed by atoms with Gasteiger partial charge in [0, 0.05) is 13.1 Å². The smallest absolute Gasteiger partial charge is 1.00 e. The Bertz CT molecular complexity index is 31.5. The topological polar surface area (TPSA) is 21.3 Å². The van der Waals surface area contributed by atoms with Crippen molar-refractivity contribution in [1.82, 2.24) is 5.32 Å². The maximum absolute atomic E-state index is 5.01. The van der Waals surface area contributed by atoms with Gasteiger partial charge in [-0.05, 0) is 0 Å². The standard InChI is InChI=1S/C4H9NO.ClH.Mg/c1-3-6-4-2-5-1;;/h5H,1-4H2;1H;/q;;+2/p-1. The Hall–Kier alpha value is 0.976. The minimum atomic E-state index is 0. The van der Waals surface area contributed by atoms with E-state index in [1.807, 2.05) is 0 Å². The summed E-state index contributed by atoms with van der Waals surface area (Å²) in [6.45, 7) is 3.83. The summed E-state index contributed by atoms with van der Waals surface area (Å²) in [6, 6.07) is 0. The molecule has 1 rings (SSSR count). The molecule has 0 spiro atoms. The number of ether oxygens (including phenoxy) is 1. The third-order valence-corrected chi connectivity index (χ3v) is 0.846. The van der Waals surface area contributed by atoms with E-state index < -0.39 is 0 Å². The average molecular weight is 147 g/mol. The van der Waals surface area contributed by atoms with Gasteiger partial charge in [0.2, 0.25) is 0 Å². The molecule has 0 saturated carbocycles. The monoisotopic (exact) mass is 146 g/mol. The summed E-state index contributed by atoms with van der Waals surface area (Å²) >= 11 is 0. The molecule has 0 aromatic rings. The van der Waals surface area contributed by atoms with Crippen LogP contribution in [0.15, 0.2) is 0 Å². The summed E-state index contributed by atoms with van der Waals surface area (Å²) in [7, 11) is 0. The van der Waals surface area contributed by atoms with Gasteiger partial charge in [0.05, 0.1) is 13.2 Å². The molecule has 0 aromatic carbocycles. The van der Waals surface area contributed by atoms with Crippen molar-refractivity contribution >= 4 is 23.1 Å². The van der Waals surface area contributed by atoms with Crippen molar-refractivity contribution in [1.29, 1.82) is 0 Å². The van der Waals surface area contributed by atoms with E-state index in [9.17, 15) is 0 Å². The van der Waals surface area contributed by atoms with Crippen molar-refractivity contribution < 1.29 is 17.1 Å². The zero-order chi connectivity index (χ0) is 4.24.